The van der Waals surface area contributed by atoms with Gasteiger partial charge < -0.3 is 28.8 Å². The molecule has 1 fully saturated rings. The van der Waals surface area contributed by atoms with Crippen molar-refractivity contribution in [3.63, 3.8) is 0 Å². The first-order valence-corrected chi connectivity index (χ1v) is 13.7. The second kappa shape index (κ2) is 14.7. The Morgan fingerprint density at radius 2 is 1.05 bits per heavy atom. The Morgan fingerprint density at radius 1 is 0.610 bits per heavy atom. The summed E-state index contributed by atoms with van der Waals surface area (Å²) in [6.45, 7) is 0.590. The van der Waals surface area contributed by atoms with Crippen LogP contribution in [0.2, 0.25) is 0 Å². The van der Waals surface area contributed by atoms with Crippen LogP contribution in [0.5, 0.6) is 0 Å². The Morgan fingerprint density at radius 3 is 1.56 bits per heavy atom. The Bertz CT molecular complexity index is 1320. The van der Waals surface area contributed by atoms with Crippen LogP contribution in [0, 0.1) is 0 Å². The van der Waals surface area contributed by atoms with Crippen molar-refractivity contribution in [1.82, 2.24) is 0 Å². The average Bonchev–Trinajstić information content (AvgIpc) is 3.04. The Kier molecular flexibility index (Phi) is 10.3. The number of benzene rings is 4. The lowest BCUT2D eigenvalue weighted by Crippen LogP contribution is -2.61. The highest BCUT2D eigenvalue weighted by Crippen LogP contribution is 2.29. The van der Waals surface area contributed by atoms with Crippen LogP contribution in [0.15, 0.2) is 121 Å². The largest absolute Gasteiger partial charge is 0.459 e. The van der Waals surface area contributed by atoms with Crippen molar-refractivity contribution in [2.24, 2.45) is 0 Å². The molecule has 0 aromatic heterocycles. The number of carbonyl (C=O) groups excluding carboxylic acids is 1. The number of aliphatic hydroxyl groups excluding tert-OH is 1. The summed E-state index contributed by atoms with van der Waals surface area (Å²) in [4.78, 5) is 12.7. The molecule has 1 N–H and O–H groups in total. The second-order valence-corrected chi connectivity index (χ2v) is 9.82. The summed E-state index contributed by atoms with van der Waals surface area (Å²) in [5.41, 5.74) is 3.28. The predicted molar refractivity (Wildman–Crippen MR) is 153 cm³/mol. The van der Waals surface area contributed by atoms with E-state index in [1.807, 2.05) is 97.1 Å². The lowest BCUT2D eigenvalue weighted by molar-refractivity contribution is -0.322. The highest BCUT2D eigenvalue weighted by molar-refractivity contribution is 5.89. The topological polar surface area (TPSA) is 83.5 Å². The Hall–Kier alpha value is -3.85. The summed E-state index contributed by atoms with van der Waals surface area (Å²) in [6.07, 6.45) is -4.54. The summed E-state index contributed by atoms with van der Waals surface area (Å²) in [6, 6.07) is 37.9. The number of hydrogen-bond donors (Lipinski definition) is 1. The SMILES string of the molecule is O=C(OC[C@@H]1O[C@@H](OCc2ccccc2)[C@@H](OCc2ccccc2)[C@@H](OCc2ccccc2)[C@H]1O)c1ccccc1. The molecule has 0 aliphatic carbocycles. The minimum absolute atomic E-state index is 0.184. The van der Waals surface area contributed by atoms with Gasteiger partial charge in [0.1, 0.15) is 31.0 Å². The van der Waals surface area contributed by atoms with Crippen molar-refractivity contribution in [3.8, 4) is 0 Å². The minimum atomic E-state index is -1.15. The second-order valence-electron chi connectivity index (χ2n) is 9.82. The van der Waals surface area contributed by atoms with Crippen molar-refractivity contribution in [1.29, 1.82) is 0 Å². The summed E-state index contributed by atoms with van der Waals surface area (Å²) < 4.78 is 30.7. The Balaban J connectivity index is 1.36. The smallest absolute Gasteiger partial charge is 0.338 e. The van der Waals surface area contributed by atoms with Gasteiger partial charge in [-0.1, -0.05) is 109 Å². The van der Waals surface area contributed by atoms with E-state index in [1.165, 1.54) is 0 Å². The van der Waals surface area contributed by atoms with E-state index >= 15 is 0 Å². The monoisotopic (exact) mass is 554 g/mol. The molecule has 41 heavy (non-hydrogen) atoms. The van der Waals surface area contributed by atoms with Gasteiger partial charge in [0, 0.05) is 0 Å². The van der Waals surface area contributed by atoms with E-state index in [4.69, 9.17) is 23.7 Å². The predicted octanol–water partition coefficient (Wildman–Crippen LogP) is 5.32. The first-order chi connectivity index (χ1) is 20.2. The van der Waals surface area contributed by atoms with E-state index < -0.39 is 36.7 Å². The van der Waals surface area contributed by atoms with Gasteiger partial charge in [0.25, 0.3) is 0 Å². The van der Waals surface area contributed by atoms with Crippen molar-refractivity contribution in [2.45, 2.75) is 50.5 Å². The van der Waals surface area contributed by atoms with E-state index in [0.717, 1.165) is 16.7 Å². The van der Waals surface area contributed by atoms with Crippen LogP contribution in [0.25, 0.3) is 0 Å². The fourth-order valence-corrected chi connectivity index (χ4v) is 4.63. The molecule has 0 amide bonds. The number of esters is 1. The van der Waals surface area contributed by atoms with E-state index in [9.17, 15) is 9.90 Å². The molecule has 7 nitrogen and oxygen atoms in total. The molecule has 1 aliphatic heterocycles. The van der Waals surface area contributed by atoms with Gasteiger partial charge in [-0.3, -0.25) is 0 Å². The molecule has 7 heteroatoms. The lowest BCUT2D eigenvalue weighted by atomic mass is 9.98. The molecule has 0 radical (unpaired) electrons. The van der Waals surface area contributed by atoms with Crippen LogP contribution >= 0.6 is 0 Å². The standard InChI is InChI=1S/C34H34O7/c35-30-29(24-39-33(36)28-19-11-4-12-20-28)41-34(40-23-27-17-9-3-10-18-27)32(38-22-26-15-7-2-8-16-26)31(30)37-21-25-13-5-1-6-14-25/h1-20,29-32,34-35H,21-24H2/t29-,30-,31-,32-,34+/m0/s1. The molecule has 0 bridgehead atoms. The van der Waals surface area contributed by atoms with Gasteiger partial charge in [-0.2, -0.15) is 0 Å². The third-order valence-electron chi connectivity index (χ3n) is 6.83. The molecule has 212 valence electrons. The van der Waals surface area contributed by atoms with Gasteiger partial charge in [-0.15, -0.1) is 0 Å². The van der Waals surface area contributed by atoms with Crippen LogP contribution in [0.1, 0.15) is 27.0 Å². The van der Waals surface area contributed by atoms with Crippen molar-refractivity contribution in [2.75, 3.05) is 6.61 Å². The molecule has 1 heterocycles. The number of hydrogen-bond acceptors (Lipinski definition) is 7. The van der Waals surface area contributed by atoms with Gasteiger partial charge >= 0.3 is 5.97 Å². The van der Waals surface area contributed by atoms with Gasteiger partial charge in [-0.05, 0) is 28.8 Å². The molecule has 4 aromatic carbocycles. The summed E-state index contributed by atoms with van der Waals surface area (Å²) in [7, 11) is 0. The highest BCUT2D eigenvalue weighted by atomic mass is 16.7. The van der Waals surface area contributed by atoms with Crippen molar-refractivity contribution in [3.05, 3.63) is 144 Å². The molecular weight excluding hydrogens is 520 g/mol. The third-order valence-corrected chi connectivity index (χ3v) is 6.83. The molecule has 0 saturated carbocycles. The van der Waals surface area contributed by atoms with Gasteiger partial charge in [-0.25, -0.2) is 4.79 Å². The Labute approximate surface area is 240 Å². The van der Waals surface area contributed by atoms with Crippen molar-refractivity contribution < 1.29 is 33.6 Å². The first-order valence-electron chi connectivity index (χ1n) is 13.7. The zero-order valence-corrected chi connectivity index (χ0v) is 22.7. The molecule has 5 rings (SSSR count). The van der Waals surface area contributed by atoms with Crippen LogP contribution in [0.4, 0.5) is 0 Å². The van der Waals surface area contributed by atoms with Gasteiger partial charge in [0.2, 0.25) is 0 Å². The van der Waals surface area contributed by atoms with Crippen LogP contribution < -0.4 is 0 Å². The van der Waals surface area contributed by atoms with Crippen LogP contribution in [0.3, 0.4) is 0 Å². The summed E-state index contributed by atoms with van der Waals surface area (Å²) in [5.74, 6) is -0.507. The molecule has 4 aromatic rings. The molecule has 1 saturated heterocycles. The third kappa shape index (κ3) is 8.10. The summed E-state index contributed by atoms with van der Waals surface area (Å²) in [5, 5.41) is 11.5. The van der Waals surface area contributed by atoms with E-state index in [0.29, 0.717) is 5.56 Å². The maximum absolute atomic E-state index is 12.7. The molecule has 0 spiro atoms. The highest BCUT2D eigenvalue weighted by Gasteiger charge is 2.48. The summed E-state index contributed by atoms with van der Waals surface area (Å²) >= 11 is 0. The normalized spacial score (nSPS) is 22.2. The average molecular weight is 555 g/mol. The number of ether oxygens (including phenoxy) is 5. The van der Waals surface area contributed by atoms with Crippen LogP contribution in [-0.2, 0) is 43.5 Å². The zero-order valence-electron chi connectivity index (χ0n) is 22.7. The maximum Gasteiger partial charge on any atom is 0.338 e. The number of carbonyl (C=O) groups is 1. The first kappa shape index (κ1) is 28.7. The van der Waals surface area contributed by atoms with Crippen molar-refractivity contribution >= 4 is 5.97 Å². The fourth-order valence-electron chi connectivity index (χ4n) is 4.63. The molecule has 1 aliphatic rings. The number of aliphatic hydroxyl groups is 1. The zero-order chi connectivity index (χ0) is 28.3. The quantitative estimate of drug-likeness (QED) is 0.238. The molecular formula is C34H34O7. The lowest BCUT2D eigenvalue weighted by Gasteiger charge is -2.44. The van der Waals surface area contributed by atoms with E-state index in [1.54, 1.807) is 24.3 Å². The van der Waals surface area contributed by atoms with Gasteiger partial charge in [0.05, 0.1) is 25.4 Å². The van der Waals surface area contributed by atoms with E-state index in [-0.39, 0.29) is 26.4 Å². The maximum atomic E-state index is 12.7. The molecule has 0 unspecified atom stereocenters. The number of rotatable bonds is 12. The van der Waals surface area contributed by atoms with Gasteiger partial charge in [0.15, 0.2) is 6.29 Å². The molecule has 5 atom stereocenters. The minimum Gasteiger partial charge on any atom is -0.459 e. The fraction of sp³-hybridized carbons (Fsp3) is 0.265. The van der Waals surface area contributed by atoms with E-state index in [2.05, 4.69) is 0 Å². The van der Waals surface area contributed by atoms with Crippen LogP contribution in [-0.4, -0.2) is 48.4 Å².